The van der Waals surface area contributed by atoms with Crippen LogP contribution < -0.4 is 10.1 Å². The first kappa shape index (κ1) is 15.4. The minimum Gasteiger partial charge on any atom is -0.494 e. The van der Waals surface area contributed by atoms with Crippen molar-refractivity contribution >= 4 is 5.69 Å². The molecule has 21 heavy (non-hydrogen) atoms. The van der Waals surface area contributed by atoms with E-state index in [-0.39, 0.29) is 17.6 Å². The topological polar surface area (TPSA) is 21.3 Å². The number of halogens is 1. The summed E-state index contributed by atoms with van der Waals surface area (Å²) in [6.45, 7) is 4.22. The van der Waals surface area contributed by atoms with Gasteiger partial charge in [-0.15, -0.1) is 0 Å². The second kappa shape index (κ2) is 7.11. The van der Waals surface area contributed by atoms with Crippen molar-refractivity contribution < 1.29 is 9.13 Å². The SMILES string of the molecule is CCCc1ccc(NC(C)c2ccc(F)c(OC)c2)cc1. The molecule has 2 aromatic rings. The van der Waals surface area contributed by atoms with Gasteiger partial charge in [0.1, 0.15) is 0 Å². The van der Waals surface area contributed by atoms with Crippen LogP contribution >= 0.6 is 0 Å². The van der Waals surface area contributed by atoms with Crippen LogP contribution in [-0.2, 0) is 6.42 Å². The van der Waals surface area contributed by atoms with Crippen molar-refractivity contribution in [3.8, 4) is 5.75 Å². The molecule has 3 heteroatoms. The Balaban J connectivity index is 2.08. The van der Waals surface area contributed by atoms with E-state index in [1.54, 1.807) is 12.1 Å². The monoisotopic (exact) mass is 287 g/mol. The average Bonchev–Trinajstić information content (AvgIpc) is 2.50. The predicted molar refractivity (Wildman–Crippen MR) is 85.4 cm³/mol. The number of nitrogens with one attached hydrogen (secondary N) is 1. The van der Waals surface area contributed by atoms with E-state index in [9.17, 15) is 4.39 Å². The minimum atomic E-state index is -0.336. The van der Waals surface area contributed by atoms with E-state index < -0.39 is 0 Å². The molecule has 2 rings (SSSR count). The zero-order chi connectivity index (χ0) is 15.2. The van der Waals surface area contributed by atoms with Crippen LogP contribution in [0.15, 0.2) is 42.5 Å². The molecule has 2 aromatic carbocycles. The molecule has 0 radical (unpaired) electrons. The van der Waals surface area contributed by atoms with Crippen LogP contribution in [-0.4, -0.2) is 7.11 Å². The second-order valence-electron chi connectivity index (χ2n) is 5.21. The summed E-state index contributed by atoms with van der Waals surface area (Å²) >= 11 is 0. The standard InChI is InChI=1S/C18H22FNO/c1-4-5-14-6-9-16(10-7-14)20-13(2)15-8-11-17(19)18(12-15)21-3/h6-13,20H,4-5H2,1-3H3. The molecule has 0 heterocycles. The molecule has 0 bridgehead atoms. The third-order valence-electron chi connectivity index (χ3n) is 3.55. The van der Waals surface area contributed by atoms with Gasteiger partial charge in [0.2, 0.25) is 0 Å². The highest BCUT2D eigenvalue weighted by Gasteiger charge is 2.09. The van der Waals surface area contributed by atoms with Crippen LogP contribution in [0.5, 0.6) is 5.75 Å². The Morgan fingerprint density at radius 3 is 2.48 bits per heavy atom. The maximum Gasteiger partial charge on any atom is 0.165 e. The third kappa shape index (κ3) is 3.97. The zero-order valence-corrected chi connectivity index (χ0v) is 12.8. The molecule has 2 nitrogen and oxygen atoms in total. The third-order valence-corrected chi connectivity index (χ3v) is 3.55. The van der Waals surface area contributed by atoms with Gasteiger partial charge in [0.15, 0.2) is 11.6 Å². The molecule has 1 atom stereocenters. The number of ether oxygens (including phenoxy) is 1. The van der Waals surface area contributed by atoms with Crippen molar-refractivity contribution in [2.24, 2.45) is 0 Å². The Morgan fingerprint density at radius 1 is 1.14 bits per heavy atom. The van der Waals surface area contributed by atoms with E-state index in [4.69, 9.17) is 4.74 Å². The fraction of sp³-hybridized carbons (Fsp3) is 0.333. The summed E-state index contributed by atoms with van der Waals surface area (Å²) in [4.78, 5) is 0. The molecule has 0 aliphatic rings. The van der Waals surface area contributed by atoms with Gasteiger partial charge in [0.25, 0.3) is 0 Å². The van der Waals surface area contributed by atoms with Gasteiger partial charge in [0.05, 0.1) is 7.11 Å². The number of hydrogen-bond donors (Lipinski definition) is 1. The average molecular weight is 287 g/mol. The second-order valence-corrected chi connectivity index (χ2v) is 5.21. The summed E-state index contributed by atoms with van der Waals surface area (Å²) < 4.78 is 18.5. The van der Waals surface area contributed by atoms with Crippen LogP contribution in [0.2, 0.25) is 0 Å². The molecule has 1 N–H and O–H groups in total. The Kier molecular flexibility index (Phi) is 5.20. The lowest BCUT2D eigenvalue weighted by atomic mass is 10.1. The van der Waals surface area contributed by atoms with Crippen LogP contribution in [0.3, 0.4) is 0 Å². The first-order chi connectivity index (χ1) is 10.1. The van der Waals surface area contributed by atoms with Gasteiger partial charge in [-0.25, -0.2) is 4.39 Å². The lowest BCUT2D eigenvalue weighted by Crippen LogP contribution is -2.07. The molecule has 0 aliphatic carbocycles. The number of rotatable bonds is 6. The maximum atomic E-state index is 13.4. The predicted octanol–water partition coefficient (Wildman–Crippen LogP) is 4.96. The van der Waals surface area contributed by atoms with Crippen molar-refractivity contribution in [2.45, 2.75) is 32.7 Å². The lowest BCUT2D eigenvalue weighted by molar-refractivity contribution is 0.385. The summed E-state index contributed by atoms with van der Waals surface area (Å²) in [6, 6.07) is 13.5. The van der Waals surface area contributed by atoms with Gasteiger partial charge in [0, 0.05) is 11.7 Å². The maximum absolute atomic E-state index is 13.4. The molecule has 0 spiro atoms. The summed E-state index contributed by atoms with van der Waals surface area (Å²) in [5, 5.41) is 3.42. The number of hydrogen-bond acceptors (Lipinski definition) is 2. The van der Waals surface area contributed by atoms with E-state index in [1.807, 2.05) is 6.92 Å². The molecule has 0 saturated carbocycles. The first-order valence-electron chi connectivity index (χ1n) is 7.33. The highest BCUT2D eigenvalue weighted by Crippen LogP contribution is 2.25. The number of aryl methyl sites for hydroxylation is 1. The Labute approximate surface area is 126 Å². The highest BCUT2D eigenvalue weighted by atomic mass is 19.1. The fourth-order valence-electron chi connectivity index (χ4n) is 2.34. The summed E-state index contributed by atoms with van der Waals surface area (Å²) in [5.74, 6) is -0.0585. The van der Waals surface area contributed by atoms with E-state index in [0.717, 1.165) is 24.1 Å². The van der Waals surface area contributed by atoms with Crippen molar-refractivity contribution in [3.05, 3.63) is 59.4 Å². The van der Waals surface area contributed by atoms with Crippen molar-refractivity contribution in [2.75, 3.05) is 12.4 Å². The molecule has 0 aliphatic heterocycles. The number of benzene rings is 2. The molecule has 0 saturated heterocycles. The highest BCUT2D eigenvalue weighted by molar-refractivity contribution is 5.47. The smallest absolute Gasteiger partial charge is 0.165 e. The Hall–Kier alpha value is -2.03. The molecular weight excluding hydrogens is 265 g/mol. The Morgan fingerprint density at radius 2 is 1.86 bits per heavy atom. The molecule has 0 amide bonds. The van der Waals surface area contributed by atoms with Gasteiger partial charge in [-0.2, -0.15) is 0 Å². The molecular formula is C18H22FNO. The Bertz CT molecular complexity index is 580. The largest absolute Gasteiger partial charge is 0.494 e. The van der Waals surface area contributed by atoms with Gasteiger partial charge in [-0.3, -0.25) is 0 Å². The summed E-state index contributed by atoms with van der Waals surface area (Å²) in [6.07, 6.45) is 2.25. The van der Waals surface area contributed by atoms with E-state index in [2.05, 4.69) is 36.5 Å². The van der Waals surface area contributed by atoms with Crippen LogP contribution in [0.4, 0.5) is 10.1 Å². The van der Waals surface area contributed by atoms with Crippen LogP contribution in [0.1, 0.15) is 37.4 Å². The first-order valence-corrected chi connectivity index (χ1v) is 7.33. The summed E-state index contributed by atoms with van der Waals surface area (Å²) in [7, 11) is 1.48. The van der Waals surface area contributed by atoms with Crippen molar-refractivity contribution in [1.82, 2.24) is 0 Å². The molecule has 0 aromatic heterocycles. The molecule has 112 valence electrons. The number of anilines is 1. The quantitative estimate of drug-likeness (QED) is 0.810. The minimum absolute atomic E-state index is 0.0801. The van der Waals surface area contributed by atoms with Crippen LogP contribution in [0.25, 0.3) is 0 Å². The van der Waals surface area contributed by atoms with Crippen LogP contribution in [0, 0.1) is 5.82 Å². The fourth-order valence-corrected chi connectivity index (χ4v) is 2.34. The number of methoxy groups -OCH3 is 1. The van der Waals surface area contributed by atoms with Gasteiger partial charge in [-0.05, 0) is 48.7 Å². The summed E-state index contributed by atoms with van der Waals surface area (Å²) in [5.41, 5.74) is 3.40. The molecule has 0 fully saturated rings. The van der Waals surface area contributed by atoms with E-state index in [1.165, 1.54) is 18.7 Å². The van der Waals surface area contributed by atoms with E-state index in [0.29, 0.717) is 0 Å². The van der Waals surface area contributed by atoms with Crippen molar-refractivity contribution in [3.63, 3.8) is 0 Å². The van der Waals surface area contributed by atoms with Gasteiger partial charge in [-0.1, -0.05) is 31.5 Å². The molecule has 1 unspecified atom stereocenters. The van der Waals surface area contributed by atoms with Crippen molar-refractivity contribution in [1.29, 1.82) is 0 Å². The normalized spacial score (nSPS) is 12.0. The van der Waals surface area contributed by atoms with Gasteiger partial charge < -0.3 is 10.1 Å². The zero-order valence-electron chi connectivity index (χ0n) is 12.8. The lowest BCUT2D eigenvalue weighted by Gasteiger charge is -2.17. The van der Waals surface area contributed by atoms with Gasteiger partial charge >= 0.3 is 0 Å². The van der Waals surface area contributed by atoms with E-state index >= 15 is 0 Å².